The topological polar surface area (TPSA) is 57.0 Å². The Hall–Kier alpha value is -2.87. The van der Waals surface area contributed by atoms with E-state index in [9.17, 15) is 5.11 Å². The predicted molar refractivity (Wildman–Crippen MR) is 134 cm³/mol. The molecule has 2 aliphatic rings. The molecule has 0 unspecified atom stereocenters. The number of ether oxygens (including phenoxy) is 1. The first-order valence-electron chi connectivity index (χ1n) is 12.2. The van der Waals surface area contributed by atoms with Crippen LogP contribution in [0.5, 0.6) is 5.75 Å². The van der Waals surface area contributed by atoms with E-state index in [1.807, 2.05) is 29.9 Å². The van der Waals surface area contributed by atoms with Gasteiger partial charge in [-0.15, -0.1) is 0 Å². The van der Waals surface area contributed by atoms with Crippen molar-refractivity contribution in [2.45, 2.75) is 25.2 Å². The minimum atomic E-state index is -0.625. The largest absolute Gasteiger partial charge is 0.486 e. The number of hydrogen-bond acceptors (Lipinski definition) is 6. The minimum Gasteiger partial charge on any atom is -0.486 e. The van der Waals surface area contributed by atoms with Gasteiger partial charge in [0, 0.05) is 77.5 Å². The molecule has 3 aromatic rings. The molecule has 7 nitrogen and oxygen atoms in total. The van der Waals surface area contributed by atoms with Gasteiger partial charge in [-0.25, -0.2) is 4.98 Å². The summed E-state index contributed by atoms with van der Waals surface area (Å²) < 4.78 is 7.83. The first-order valence-corrected chi connectivity index (χ1v) is 12.2. The van der Waals surface area contributed by atoms with E-state index in [0.29, 0.717) is 6.61 Å². The van der Waals surface area contributed by atoms with Gasteiger partial charge < -0.3 is 19.3 Å². The number of anilines is 1. The van der Waals surface area contributed by atoms with Crippen LogP contribution in [0.3, 0.4) is 0 Å². The normalized spacial score (nSPS) is 21.8. The zero-order chi connectivity index (χ0) is 23.4. The Bertz CT molecular complexity index is 1050. The lowest BCUT2D eigenvalue weighted by atomic mass is 10.0. The molecule has 1 atom stereocenters. The fourth-order valence-electron chi connectivity index (χ4n) is 5.06. The van der Waals surface area contributed by atoms with E-state index in [-0.39, 0.29) is 0 Å². The van der Waals surface area contributed by atoms with Crippen molar-refractivity contribution in [2.24, 2.45) is 7.05 Å². The summed E-state index contributed by atoms with van der Waals surface area (Å²) in [5, 5.41) is 11.3. The van der Waals surface area contributed by atoms with Gasteiger partial charge >= 0.3 is 0 Å². The van der Waals surface area contributed by atoms with Gasteiger partial charge in [0.05, 0.1) is 5.60 Å². The molecule has 0 spiro atoms. The summed E-state index contributed by atoms with van der Waals surface area (Å²) in [5.41, 5.74) is 1.91. The third kappa shape index (κ3) is 5.60. The number of hydrogen-bond donors (Lipinski definition) is 1. The maximum atomic E-state index is 11.3. The van der Waals surface area contributed by atoms with Crippen LogP contribution < -0.4 is 9.64 Å². The van der Waals surface area contributed by atoms with Crippen LogP contribution in [0.2, 0.25) is 0 Å². The second-order valence-electron chi connectivity index (χ2n) is 9.67. The van der Waals surface area contributed by atoms with Crippen LogP contribution in [-0.4, -0.2) is 75.9 Å². The standard InChI is InChI=1S/C27H35N5O2/c1-29-14-12-28-26(29)20-34-25-9-7-23(8-10-25)19-31-13-11-27(33,22-31)21-30-15-17-32(18-16-30)24-5-3-2-4-6-24/h2-10,12,14,33H,11,13,15-22H2,1H3/t27-/m0/s1. The first kappa shape index (κ1) is 22.9. The van der Waals surface area contributed by atoms with E-state index >= 15 is 0 Å². The lowest BCUT2D eigenvalue weighted by Gasteiger charge is -2.39. The quantitative estimate of drug-likeness (QED) is 0.557. The van der Waals surface area contributed by atoms with Crippen molar-refractivity contribution in [3.63, 3.8) is 0 Å². The van der Waals surface area contributed by atoms with Gasteiger partial charge in [-0.1, -0.05) is 30.3 Å². The number of rotatable bonds is 8. The summed E-state index contributed by atoms with van der Waals surface area (Å²) >= 11 is 0. The number of nitrogens with zero attached hydrogens (tertiary/aromatic N) is 5. The van der Waals surface area contributed by atoms with Gasteiger partial charge in [-0.2, -0.15) is 0 Å². The highest BCUT2D eigenvalue weighted by molar-refractivity contribution is 5.46. The number of piperazine rings is 1. The van der Waals surface area contributed by atoms with Crippen LogP contribution in [-0.2, 0) is 20.2 Å². The van der Waals surface area contributed by atoms with Gasteiger partial charge in [0.2, 0.25) is 0 Å². The van der Waals surface area contributed by atoms with E-state index < -0.39 is 5.60 Å². The SMILES string of the molecule is Cn1ccnc1COc1ccc(CN2CC[C@](O)(CN3CCN(c4ccccc4)CC3)C2)cc1. The number of β-amino-alcohol motifs (C(OH)–C–C–N with tert-alkyl or cyclic N) is 1. The van der Waals surface area contributed by atoms with Crippen LogP contribution in [0.1, 0.15) is 17.8 Å². The molecule has 5 rings (SSSR count). The molecule has 180 valence electrons. The molecule has 0 bridgehead atoms. The fraction of sp³-hybridized carbons (Fsp3) is 0.444. The van der Waals surface area contributed by atoms with E-state index in [1.165, 1.54) is 11.3 Å². The molecule has 0 amide bonds. The molecular formula is C27H35N5O2. The van der Waals surface area contributed by atoms with Gasteiger partial charge in [0.25, 0.3) is 0 Å². The average molecular weight is 462 g/mol. The van der Waals surface area contributed by atoms with Gasteiger partial charge in [-0.05, 0) is 36.2 Å². The molecule has 2 aliphatic heterocycles. The number of aromatic nitrogens is 2. The third-order valence-electron chi connectivity index (χ3n) is 7.04. The van der Waals surface area contributed by atoms with E-state index in [4.69, 9.17) is 4.74 Å². The van der Waals surface area contributed by atoms with Crippen LogP contribution in [0.25, 0.3) is 0 Å². The van der Waals surface area contributed by atoms with Crippen LogP contribution in [0.4, 0.5) is 5.69 Å². The van der Waals surface area contributed by atoms with Crippen molar-refractivity contribution < 1.29 is 9.84 Å². The molecule has 2 aromatic carbocycles. The maximum Gasteiger partial charge on any atom is 0.146 e. The van der Waals surface area contributed by atoms with Crippen molar-refractivity contribution in [2.75, 3.05) is 50.7 Å². The van der Waals surface area contributed by atoms with Crippen LogP contribution in [0.15, 0.2) is 67.0 Å². The van der Waals surface area contributed by atoms with E-state index in [0.717, 1.165) is 70.4 Å². The zero-order valence-corrected chi connectivity index (χ0v) is 20.0. The summed E-state index contributed by atoms with van der Waals surface area (Å²) in [6.45, 7) is 7.74. The second kappa shape index (κ2) is 10.2. The molecule has 0 aliphatic carbocycles. The Kier molecular flexibility index (Phi) is 6.85. The van der Waals surface area contributed by atoms with Gasteiger partial charge in [0.15, 0.2) is 0 Å². The fourth-order valence-corrected chi connectivity index (χ4v) is 5.06. The Labute approximate surface area is 202 Å². The number of aryl methyl sites for hydroxylation is 1. The summed E-state index contributed by atoms with van der Waals surface area (Å²) in [5.74, 6) is 1.75. The van der Waals surface area contributed by atoms with Crippen molar-refractivity contribution in [1.82, 2.24) is 19.4 Å². The number of aliphatic hydroxyl groups is 1. The Morgan fingerprint density at radius 2 is 1.71 bits per heavy atom. The second-order valence-corrected chi connectivity index (χ2v) is 9.67. The van der Waals surface area contributed by atoms with Crippen molar-refractivity contribution in [3.8, 4) is 5.75 Å². The van der Waals surface area contributed by atoms with Crippen LogP contribution in [0, 0.1) is 0 Å². The molecule has 3 heterocycles. The Morgan fingerprint density at radius 3 is 2.41 bits per heavy atom. The lowest BCUT2D eigenvalue weighted by molar-refractivity contribution is 0.00978. The number of imidazole rings is 1. The maximum absolute atomic E-state index is 11.3. The predicted octanol–water partition coefficient (Wildman–Crippen LogP) is 2.76. The summed E-state index contributed by atoms with van der Waals surface area (Å²) in [7, 11) is 1.97. The molecule has 2 saturated heterocycles. The Balaban J connectivity index is 1.07. The molecule has 2 fully saturated rings. The van der Waals surface area contributed by atoms with E-state index in [1.54, 1.807) is 6.20 Å². The zero-order valence-electron chi connectivity index (χ0n) is 20.0. The number of para-hydroxylation sites is 1. The monoisotopic (exact) mass is 461 g/mol. The first-order chi connectivity index (χ1) is 16.6. The molecule has 34 heavy (non-hydrogen) atoms. The molecular weight excluding hydrogens is 426 g/mol. The Morgan fingerprint density at radius 1 is 0.941 bits per heavy atom. The van der Waals surface area contributed by atoms with Crippen LogP contribution >= 0.6 is 0 Å². The van der Waals surface area contributed by atoms with Crippen molar-refractivity contribution in [3.05, 3.63) is 78.4 Å². The average Bonchev–Trinajstić information content (AvgIpc) is 3.44. The highest BCUT2D eigenvalue weighted by Gasteiger charge is 2.38. The summed E-state index contributed by atoms with van der Waals surface area (Å²) in [4.78, 5) is 11.5. The molecule has 0 radical (unpaired) electrons. The summed E-state index contributed by atoms with van der Waals surface area (Å²) in [6.07, 6.45) is 4.53. The number of benzene rings is 2. The van der Waals surface area contributed by atoms with Gasteiger partial charge in [0.1, 0.15) is 18.2 Å². The molecule has 1 aromatic heterocycles. The smallest absolute Gasteiger partial charge is 0.146 e. The van der Waals surface area contributed by atoms with Crippen molar-refractivity contribution >= 4 is 5.69 Å². The highest BCUT2D eigenvalue weighted by atomic mass is 16.5. The highest BCUT2D eigenvalue weighted by Crippen LogP contribution is 2.26. The van der Waals surface area contributed by atoms with Gasteiger partial charge in [-0.3, -0.25) is 9.80 Å². The van der Waals surface area contributed by atoms with E-state index in [2.05, 4.69) is 62.1 Å². The third-order valence-corrected chi connectivity index (χ3v) is 7.04. The summed E-state index contributed by atoms with van der Waals surface area (Å²) in [6, 6.07) is 18.9. The lowest BCUT2D eigenvalue weighted by Crippen LogP contribution is -2.52. The molecule has 1 N–H and O–H groups in total. The van der Waals surface area contributed by atoms with Crippen molar-refractivity contribution in [1.29, 1.82) is 0 Å². The number of likely N-dealkylation sites (tertiary alicyclic amines) is 1. The molecule has 0 saturated carbocycles. The molecule has 7 heteroatoms. The minimum absolute atomic E-state index is 0.460.